The Morgan fingerprint density at radius 3 is 2.42 bits per heavy atom. The molecule has 140 valence electrons. The van der Waals surface area contributed by atoms with E-state index in [2.05, 4.69) is 11.4 Å². The Labute approximate surface area is 152 Å². The van der Waals surface area contributed by atoms with Crippen LogP contribution >= 0.6 is 0 Å². The lowest BCUT2D eigenvalue weighted by Gasteiger charge is -2.24. The number of halogens is 2. The molecule has 2 rings (SSSR count). The Balaban J connectivity index is 1.85. The van der Waals surface area contributed by atoms with Crippen LogP contribution in [0.15, 0.2) is 36.4 Å². The summed E-state index contributed by atoms with van der Waals surface area (Å²) in [7, 11) is 1.79. The molecule has 0 spiro atoms. The van der Waals surface area contributed by atoms with E-state index in [-0.39, 0.29) is 11.6 Å². The predicted octanol–water partition coefficient (Wildman–Crippen LogP) is 3.92. The Kier molecular flexibility index (Phi) is 6.69. The Bertz CT molecular complexity index is 760. The third-order valence-electron chi connectivity index (χ3n) is 4.14. The standard InChI is InChI=1S/C20H24F2N2O2/c1-13-9-14(2)11-17(10-13)26-8-7-24(4)15(3)20(25)23-19-6-5-16(21)12-18(19)22/h5-6,9-12,15H,7-8H2,1-4H3,(H,23,25). The number of aryl methyl sites for hydroxylation is 2. The fourth-order valence-corrected chi connectivity index (χ4v) is 2.55. The van der Waals surface area contributed by atoms with Crippen molar-refractivity contribution < 1.29 is 18.3 Å². The SMILES string of the molecule is Cc1cc(C)cc(OCCN(C)C(C)C(=O)Nc2ccc(F)cc2F)c1. The monoisotopic (exact) mass is 362 g/mol. The maximum atomic E-state index is 13.6. The highest BCUT2D eigenvalue weighted by atomic mass is 19.1. The van der Waals surface area contributed by atoms with E-state index in [1.54, 1.807) is 18.9 Å². The first kappa shape index (κ1) is 19.8. The highest BCUT2D eigenvalue weighted by Gasteiger charge is 2.19. The number of amides is 1. The normalized spacial score (nSPS) is 12.1. The van der Waals surface area contributed by atoms with Crippen LogP contribution in [0.25, 0.3) is 0 Å². The molecule has 4 nitrogen and oxygen atoms in total. The van der Waals surface area contributed by atoms with Crippen molar-refractivity contribution in [1.82, 2.24) is 4.90 Å². The molecule has 1 unspecified atom stereocenters. The van der Waals surface area contributed by atoms with E-state index in [0.29, 0.717) is 13.2 Å². The van der Waals surface area contributed by atoms with Crippen LogP contribution < -0.4 is 10.1 Å². The van der Waals surface area contributed by atoms with Gasteiger partial charge in [0.15, 0.2) is 0 Å². The molecule has 0 saturated carbocycles. The highest BCUT2D eigenvalue weighted by molar-refractivity contribution is 5.94. The quantitative estimate of drug-likeness (QED) is 0.812. The minimum Gasteiger partial charge on any atom is -0.492 e. The molecule has 2 aromatic carbocycles. The fourth-order valence-electron chi connectivity index (χ4n) is 2.55. The second-order valence-electron chi connectivity index (χ2n) is 6.44. The number of anilines is 1. The van der Waals surface area contributed by atoms with Gasteiger partial charge in [0.05, 0.1) is 11.7 Å². The van der Waals surface area contributed by atoms with E-state index < -0.39 is 17.7 Å². The number of benzene rings is 2. The minimum atomic E-state index is -0.800. The van der Waals surface area contributed by atoms with Gasteiger partial charge in [-0.1, -0.05) is 6.07 Å². The van der Waals surface area contributed by atoms with Gasteiger partial charge in [-0.05, 0) is 63.2 Å². The maximum absolute atomic E-state index is 13.6. The lowest BCUT2D eigenvalue weighted by Crippen LogP contribution is -2.41. The molecule has 0 heterocycles. The van der Waals surface area contributed by atoms with Gasteiger partial charge in [0.25, 0.3) is 0 Å². The first-order valence-corrected chi connectivity index (χ1v) is 8.43. The number of hydrogen-bond acceptors (Lipinski definition) is 3. The molecule has 26 heavy (non-hydrogen) atoms. The van der Waals surface area contributed by atoms with Crippen molar-refractivity contribution in [2.75, 3.05) is 25.5 Å². The van der Waals surface area contributed by atoms with Crippen LogP contribution in [0, 0.1) is 25.5 Å². The van der Waals surface area contributed by atoms with Crippen LogP contribution in [-0.4, -0.2) is 37.0 Å². The molecule has 6 heteroatoms. The van der Waals surface area contributed by atoms with Crippen LogP contribution in [0.1, 0.15) is 18.1 Å². The number of carbonyl (C=O) groups is 1. The van der Waals surface area contributed by atoms with E-state index in [1.807, 2.05) is 26.0 Å². The Hall–Kier alpha value is -2.47. The molecule has 0 radical (unpaired) electrons. The van der Waals surface area contributed by atoms with Gasteiger partial charge in [-0.3, -0.25) is 9.69 Å². The smallest absolute Gasteiger partial charge is 0.241 e. The van der Waals surface area contributed by atoms with Crippen molar-refractivity contribution >= 4 is 11.6 Å². The molecule has 0 saturated heterocycles. The van der Waals surface area contributed by atoms with Crippen molar-refractivity contribution in [3.8, 4) is 5.75 Å². The summed E-state index contributed by atoms with van der Waals surface area (Å²) in [6.07, 6.45) is 0. The zero-order valence-electron chi connectivity index (χ0n) is 15.5. The van der Waals surface area contributed by atoms with Crippen LogP contribution in [0.3, 0.4) is 0 Å². The number of hydrogen-bond donors (Lipinski definition) is 1. The highest BCUT2D eigenvalue weighted by Crippen LogP contribution is 2.17. The zero-order chi connectivity index (χ0) is 19.3. The Morgan fingerprint density at radius 1 is 1.15 bits per heavy atom. The minimum absolute atomic E-state index is 0.0388. The van der Waals surface area contributed by atoms with Gasteiger partial charge in [-0.2, -0.15) is 0 Å². The number of nitrogens with zero attached hydrogens (tertiary/aromatic N) is 1. The summed E-state index contributed by atoms with van der Waals surface area (Å²) in [5, 5.41) is 2.48. The molecule has 1 atom stereocenters. The van der Waals surface area contributed by atoms with Crippen molar-refractivity contribution in [2.45, 2.75) is 26.8 Å². The molecule has 0 aliphatic heterocycles. The molecular formula is C20H24F2N2O2. The molecule has 0 aliphatic rings. The summed E-state index contributed by atoms with van der Waals surface area (Å²) < 4.78 is 32.3. The van der Waals surface area contributed by atoms with Gasteiger partial charge in [0.2, 0.25) is 5.91 Å². The predicted molar refractivity (Wildman–Crippen MR) is 98.5 cm³/mol. The average molecular weight is 362 g/mol. The number of ether oxygens (including phenoxy) is 1. The second kappa shape index (κ2) is 8.76. The molecule has 1 amide bonds. The average Bonchev–Trinajstić information content (AvgIpc) is 2.55. The van der Waals surface area contributed by atoms with Crippen LogP contribution in [-0.2, 0) is 4.79 Å². The summed E-state index contributed by atoms with van der Waals surface area (Å²) in [5.41, 5.74) is 2.22. The molecule has 0 aromatic heterocycles. The van der Waals surface area contributed by atoms with Gasteiger partial charge in [0, 0.05) is 12.6 Å². The summed E-state index contributed by atoms with van der Waals surface area (Å²) >= 11 is 0. The van der Waals surface area contributed by atoms with Crippen LogP contribution in [0.5, 0.6) is 5.75 Å². The number of rotatable bonds is 7. The van der Waals surface area contributed by atoms with Crippen molar-refractivity contribution in [3.63, 3.8) is 0 Å². The molecular weight excluding hydrogens is 338 g/mol. The van der Waals surface area contributed by atoms with Crippen molar-refractivity contribution in [2.24, 2.45) is 0 Å². The number of likely N-dealkylation sites (N-methyl/N-ethyl adjacent to an activating group) is 1. The molecule has 0 fully saturated rings. The Morgan fingerprint density at radius 2 is 1.81 bits per heavy atom. The largest absolute Gasteiger partial charge is 0.492 e. The second-order valence-corrected chi connectivity index (χ2v) is 6.44. The molecule has 1 N–H and O–H groups in total. The van der Waals surface area contributed by atoms with E-state index >= 15 is 0 Å². The third kappa shape index (κ3) is 5.52. The first-order chi connectivity index (χ1) is 12.3. The molecule has 0 aliphatic carbocycles. The van der Waals surface area contributed by atoms with E-state index in [4.69, 9.17) is 4.74 Å². The van der Waals surface area contributed by atoms with Gasteiger partial charge < -0.3 is 10.1 Å². The summed E-state index contributed by atoms with van der Waals surface area (Å²) in [5.74, 6) is -1.06. The van der Waals surface area contributed by atoms with Crippen LogP contribution in [0.2, 0.25) is 0 Å². The van der Waals surface area contributed by atoms with E-state index in [0.717, 1.165) is 29.0 Å². The zero-order valence-corrected chi connectivity index (χ0v) is 15.5. The van der Waals surface area contributed by atoms with Gasteiger partial charge in [-0.15, -0.1) is 0 Å². The summed E-state index contributed by atoms with van der Waals surface area (Å²) in [6, 6.07) is 8.54. The van der Waals surface area contributed by atoms with Gasteiger partial charge >= 0.3 is 0 Å². The van der Waals surface area contributed by atoms with E-state index in [9.17, 15) is 13.6 Å². The molecule has 0 bridgehead atoms. The first-order valence-electron chi connectivity index (χ1n) is 8.43. The third-order valence-corrected chi connectivity index (χ3v) is 4.14. The van der Waals surface area contributed by atoms with Crippen LogP contribution in [0.4, 0.5) is 14.5 Å². The topological polar surface area (TPSA) is 41.6 Å². The van der Waals surface area contributed by atoms with Crippen molar-refractivity contribution in [3.05, 3.63) is 59.2 Å². The maximum Gasteiger partial charge on any atom is 0.241 e. The lowest BCUT2D eigenvalue weighted by molar-refractivity contribution is -0.120. The fraction of sp³-hybridized carbons (Fsp3) is 0.350. The van der Waals surface area contributed by atoms with E-state index in [1.165, 1.54) is 6.07 Å². The van der Waals surface area contributed by atoms with Crippen molar-refractivity contribution in [1.29, 1.82) is 0 Å². The number of nitrogens with one attached hydrogen (secondary N) is 1. The lowest BCUT2D eigenvalue weighted by atomic mass is 10.1. The molecule has 2 aromatic rings. The summed E-state index contributed by atoms with van der Waals surface area (Å²) in [6.45, 7) is 6.67. The van der Waals surface area contributed by atoms with Gasteiger partial charge in [-0.25, -0.2) is 8.78 Å². The summed E-state index contributed by atoms with van der Waals surface area (Å²) in [4.78, 5) is 14.1. The number of carbonyl (C=O) groups excluding carboxylic acids is 1. The van der Waals surface area contributed by atoms with Gasteiger partial charge in [0.1, 0.15) is 24.0 Å².